The molecule has 0 unspecified atom stereocenters. The largest absolute Gasteiger partial charge is 0.316 e. The second-order valence-electron chi connectivity index (χ2n) is 9.09. The normalized spacial score (nSPS) is 32.2. The first-order valence-electron chi connectivity index (χ1n) is 10.2. The second-order valence-corrected chi connectivity index (χ2v) is 10.3. The molecule has 5 heteroatoms. The lowest BCUT2D eigenvalue weighted by Gasteiger charge is -2.55. The van der Waals surface area contributed by atoms with E-state index in [1.165, 1.54) is 29.8 Å². The Balaban J connectivity index is 1.50. The van der Waals surface area contributed by atoms with Crippen LogP contribution in [0.25, 0.3) is 0 Å². The molecule has 1 amide bonds. The second kappa shape index (κ2) is 6.40. The lowest BCUT2D eigenvalue weighted by atomic mass is 9.49. The molecule has 4 aliphatic rings. The smallest absolute Gasteiger partial charge is 0.254 e. The van der Waals surface area contributed by atoms with Crippen molar-refractivity contribution in [2.75, 3.05) is 0 Å². The summed E-state index contributed by atoms with van der Waals surface area (Å²) < 4.78 is 2.19. The quantitative estimate of drug-likeness (QED) is 0.798. The maximum absolute atomic E-state index is 13.4. The fourth-order valence-corrected chi connectivity index (χ4v) is 7.09. The summed E-state index contributed by atoms with van der Waals surface area (Å²) in [7, 11) is 0. The van der Waals surface area contributed by atoms with Crippen LogP contribution in [-0.2, 0) is 11.3 Å². The highest BCUT2D eigenvalue weighted by Gasteiger charge is 2.54. The van der Waals surface area contributed by atoms with Crippen molar-refractivity contribution in [3.05, 3.63) is 45.5 Å². The van der Waals surface area contributed by atoms with Crippen molar-refractivity contribution in [3.8, 4) is 0 Å². The molecule has 4 saturated carbocycles. The Morgan fingerprint density at radius 1 is 1.22 bits per heavy atom. The average Bonchev–Trinajstić information content (AvgIpc) is 2.89. The minimum Gasteiger partial charge on any atom is -0.316 e. The van der Waals surface area contributed by atoms with E-state index in [0.717, 1.165) is 53.9 Å². The molecule has 6 rings (SSSR count). The zero-order chi connectivity index (χ0) is 18.6. The van der Waals surface area contributed by atoms with Gasteiger partial charge < -0.3 is 4.57 Å². The van der Waals surface area contributed by atoms with Crippen LogP contribution in [-0.4, -0.2) is 15.5 Å². The minimum absolute atomic E-state index is 0.155. The van der Waals surface area contributed by atoms with E-state index < -0.39 is 0 Å². The summed E-state index contributed by atoms with van der Waals surface area (Å²) in [4.78, 5) is 24.5. The Morgan fingerprint density at radius 2 is 1.89 bits per heavy atom. The van der Waals surface area contributed by atoms with Gasteiger partial charge in [-0.1, -0.05) is 6.07 Å². The van der Waals surface area contributed by atoms with Crippen LogP contribution >= 0.6 is 11.3 Å². The van der Waals surface area contributed by atoms with Crippen LogP contribution in [0.15, 0.2) is 29.5 Å². The van der Waals surface area contributed by atoms with Crippen molar-refractivity contribution in [2.24, 2.45) is 28.2 Å². The number of hydrogen-bond donors (Lipinski definition) is 0. The molecule has 0 spiro atoms. The van der Waals surface area contributed by atoms with Crippen molar-refractivity contribution < 1.29 is 4.79 Å². The van der Waals surface area contributed by atoms with Crippen molar-refractivity contribution >= 4 is 17.2 Å². The number of aryl methyl sites for hydroxylation is 1. The standard InChI is InChI=1S/C22H27N3OS/c1-14-15(2)27-21(25(14)13-16-4-3-5-23-12-16)24-20(26)22-9-17-6-18(10-22)8-19(7-17)11-22/h3-5,12,17-19H,6-11,13H2,1-2H3/b24-21-. The Bertz CT molecular complexity index is 905. The molecule has 0 aromatic carbocycles. The number of rotatable bonds is 3. The third kappa shape index (κ3) is 3.00. The van der Waals surface area contributed by atoms with Crippen LogP contribution in [0.5, 0.6) is 0 Å². The number of carbonyl (C=O) groups excluding carboxylic acids is 1. The molecule has 142 valence electrons. The molecule has 4 fully saturated rings. The molecule has 0 radical (unpaired) electrons. The number of hydrogen-bond acceptors (Lipinski definition) is 3. The summed E-state index contributed by atoms with van der Waals surface area (Å²) >= 11 is 1.65. The molecule has 2 aromatic heterocycles. The van der Waals surface area contributed by atoms with E-state index in [1.807, 2.05) is 12.3 Å². The fraction of sp³-hybridized carbons (Fsp3) is 0.591. The van der Waals surface area contributed by atoms with Crippen LogP contribution in [0.2, 0.25) is 0 Å². The summed E-state index contributed by atoms with van der Waals surface area (Å²) in [5.41, 5.74) is 2.18. The topological polar surface area (TPSA) is 47.2 Å². The highest BCUT2D eigenvalue weighted by atomic mass is 32.1. The average molecular weight is 382 g/mol. The van der Waals surface area contributed by atoms with E-state index in [2.05, 4.69) is 29.5 Å². The highest BCUT2D eigenvalue weighted by molar-refractivity contribution is 7.09. The molecule has 0 N–H and O–H groups in total. The summed E-state index contributed by atoms with van der Waals surface area (Å²) in [6.07, 6.45) is 11.0. The first-order chi connectivity index (χ1) is 13.0. The summed E-state index contributed by atoms with van der Waals surface area (Å²) in [5, 5.41) is 0. The van der Waals surface area contributed by atoms with Gasteiger partial charge in [0.05, 0.1) is 12.0 Å². The van der Waals surface area contributed by atoms with E-state index in [4.69, 9.17) is 4.99 Å². The van der Waals surface area contributed by atoms with Gasteiger partial charge in [-0.25, -0.2) is 0 Å². The molecule has 4 bridgehead atoms. The summed E-state index contributed by atoms with van der Waals surface area (Å²) in [5.74, 6) is 2.46. The Morgan fingerprint density at radius 3 is 2.48 bits per heavy atom. The third-order valence-corrected chi connectivity index (χ3v) is 8.24. The van der Waals surface area contributed by atoms with Gasteiger partial charge in [0.25, 0.3) is 5.91 Å². The van der Waals surface area contributed by atoms with Gasteiger partial charge in [0.2, 0.25) is 0 Å². The molecule has 4 aliphatic carbocycles. The van der Waals surface area contributed by atoms with Crippen molar-refractivity contribution in [1.82, 2.24) is 9.55 Å². The number of carbonyl (C=O) groups is 1. The highest BCUT2D eigenvalue weighted by Crippen LogP contribution is 2.60. The van der Waals surface area contributed by atoms with Gasteiger partial charge in [0, 0.05) is 23.0 Å². The van der Waals surface area contributed by atoms with Crippen LogP contribution in [0.4, 0.5) is 0 Å². The van der Waals surface area contributed by atoms with E-state index in [-0.39, 0.29) is 11.3 Å². The van der Waals surface area contributed by atoms with Crippen LogP contribution in [0, 0.1) is 37.0 Å². The number of aromatic nitrogens is 2. The summed E-state index contributed by atoms with van der Waals surface area (Å²) in [6, 6.07) is 4.04. The molecule has 4 nitrogen and oxygen atoms in total. The number of pyridine rings is 1. The van der Waals surface area contributed by atoms with Crippen molar-refractivity contribution in [2.45, 2.75) is 58.9 Å². The molecule has 27 heavy (non-hydrogen) atoms. The summed E-state index contributed by atoms with van der Waals surface area (Å²) in [6.45, 7) is 4.96. The maximum atomic E-state index is 13.4. The Hall–Kier alpha value is -1.75. The first-order valence-corrected chi connectivity index (χ1v) is 11.0. The molecule has 0 saturated heterocycles. The van der Waals surface area contributed by atoms with Gasteiger partial charge >= 0.3 is 0 Å². The zero-order valence-corrected chi connectivity index (χ0v) is 17.0. The van der Waals surface area contributed by atoms with Gasteiger partial charge in [-0.15, -0.1) is 11.3 Å². The van der Waals surface area contributed by atoms with Gasteiger partial charge in [0.15, 0.2) is 4.80 Å². The Labute approximate surface area is 164 Å². The van der Waals surface area contributed by atoms with Crippen LogP contribution in [0.3, 0.4) is 0 Å². The third-order valence-electron chi connectivity index (χ3n) is 7.14. The lowest BCUT2D eigenvalue weighted by Crippen LogP contribution is -2.50. The molecule has 0 atom stereocenters. The van der Waals surface area contributed by atoms with E-state index >= 15 is 0 Å². The van der Waals surface area contributed by atoms with E-state index in [0.29, 0.717) is 0 Å². The van der Waals surface area contributed by atoms with Gasteiger partial charge in [0.1, 0.15) is 0 Å². The molecule has 2 aromatic rings. The maximum Gasteiger partial charge on any atom is 0.254 e. The van der Waals surface area contributed by atoms with Gasteiger partial charge in [-0.05, 0) is 81.8 Å². The minimum atomic E-state index is -0.160. The van der Waals surface area contributed by atoms with E-state index in [9.17, 15) is 4.79 Å². The Kier molecular flexibility index (Phi) is 4.12. The van der Waals surface area contributed by atoms with Crippen molar-refractivity contribution in [3.63, 3.8) is 0 Å². The van der Waals surface area contributed by atoms with Crippen molar-refractivity contribution in [1.29, 1.82) is 0 Å². The lowest BCUT2D eigenvalue weighted by molar-refractivity contribution is -0.142. The number of nitrogens with zero attached hydrogens (tertiary/aromatic N) is 3. The predicted octanol–water partition coefficient (Wildman–Crippen LogP) is 4.25. The van der Waals surface area contributed by atoms with Gasteiger partial charge in [-0.3, -0.25) is 9.78 Å². The molecule has 0 aliphatic heterocycles. The SMILES string of the molecule is Cc1s/c(=N\C(=O)C23CC4CC(CC(C4)C2)C3)n(Cc2cccnc2)c1C. The first kappa shape index (κ1) is 17.4. The molecule has 2 heterocycles. The molecular weight excluding hydrogens is 354 g/mol. The number of amides is 1. The fourth-order valence-electron chi connectivity index (χ4n) is 6.12. The molecular formula is C22H27N3OS. The number of thiazole rings is 1. The monoisotopic (exact) mass is 381 g/mol. The van der Waals surface area contributed by atoms with E-state index in [1.54, 1.807) is 17.5 Å². The predicted molar refractivity (Wildman–Crippen MR) is 106 cm³/mol. The zero-order valence-electron chi connectivity index (χ0n) is 16.1. The van der Waals surface area contributed by atoms with Crippen LogP contribution in [0.1, 0.15) is 54.7 Å². The van der Waals surface area contributed by atoms with Gasteiger partial charge in [-0.2, -0.15) is 4.99 Å². The van der Waals surface area contributed by atoms with Crippen LogP contribution < -0.4 is 4.80 Å².